The van der Waals surface area contributed by atoms with Gasteiger partial charge in [0.2, 0.25) is 10.0 Å². The summed E-state index contributed by atoms with van der Waals surface area (Å²) in [6.07, 6.45) is 2.05. The lowest BCUT2D eigenvalue weighted by molar-refractivity contribution is -0.385. The van der Waals surface area contributed by atoms with E-state index >= 15 is 0 Å². The predicted octanol–water partition coefficient (Wildman–Crippen LogP) is 1.34. The van der Waals surface area contributed by atoms with Crippen LogP contribution in [-0.4, -0.2) is 25.9 Å². The number of benzene rings is 1. The Kier molecular flexibility index (Phi) is 5.68. The third kappa shape index (κ3) is 4.13. The van der Waals surface area contributed by atoms with Gasteiger partial charge in [-0.15, -0.1) is 12.4 Å². The van der Waals surface area contributed by atoms with Gasteiger partial charge in [0.1, 0.15) is 0 Å². The normalized spacial score (nSPS) is 16.1. The van der Waals surface area contributed by atoms with E-state index in [2.05, 4.69) is 4.72 Å². The molecule has 0 saturated heterocycles. The number of nitro groups is 1. The molecular weight excluding hydrogens is 318 g/mol. The zero-order valence-electron chi connectivity index (χ0n) is 11.5. The first kappa shape index (κ1) is 17.8. The number of nitro benzene ring substituents is 1. The fraction of sp³-hybridized carbons (Fsp3) is 0.500. The van der Waals surface area contributed by atoms with Crippen LogP contribution in [0.5, 0.6) is 0 Å². The molecule has 0 aromatic heterocycles. The van der Waals surface area contributed by atoms with Gasteiger partial charge in [-0.1, -0.05) is 6.07 Å². The Morgan fingerprint density at radius 1 is 1.48 bits per heavy atom. The van der Waals surface area contributed by atoms with Crippen molar-refractivity contribution in [1.82, 2.24) is 4.72 Å². The number of nitrogens with one attached hydrogen (secondary N) is 1. The second-order valence-electron chi connectivity index (χ2n) is 5.01. The smallest absolute Gasteiger partial charge is 0.273 e. The summed E-state index contributed by atoms with van der Waals surface area (Å²) in [6.45, 7) is 1.57. The van der Waals surface area contributed by atoms with Crippen molar-refractivity contribution in [3.63, 3.8) is 0 Å². The molecule has 0 bridgehead atoms. The fourth-order valence-electron chi connectivity index (χ4n) is 2.07. The van der Waals surface area contributed by atoms with E-state index in [0.29, 0.717) is 5.92 Å². The van der Waals surface area contributed by atoms with E-state index in [-0.39, 0.29) is 41.1 Å². The Morgan fingerprint density at radius 2 is 2.10 bits per heavy atom. The Bertz CT molecular complexity index is 631. The molecule has 1 aromatic rings. The van der Waals surface area contributed by atoms with Gasteiger partial charge in [0.05, 0.1) is 9.82 Å². The van der Waals surface area contributed by atoms with Crippen LogP contribution in [0.15, 0.2) is 23.1 Å². The highest BCUT2D eigenvalue weighted by molar-refractivity contribution is 7.89. The molecule has 1 atom stereocenters. The number of nitrogens with two attached hydrogens (primary N) is 1. The van der Waals surface area contributed by atoms with Crippen molar-refractivity contribution in [2.24, 2.45) is 11.7 Å². The number of sulfonamides is 1. The van der Waals surface area contributed by atoms with E-state index in [1.165, 1.54) is 25.1 Å². The largest absolute Gasteiger partial charge is 0.326 e. The van der Waals surface area contributed by atoms with Crippen LogP contribution in [-0.2, 0) is 10.0 Å². The molecule has 1 unspecified atom stereocenters. The van der Waals surface area contributed by atoms with Crippen molar-refractivity contribution >= 4 is 28.1 Å². The highest BCUT2D eigenvalue weighted by Crippen LogP contribution is 2.31. The maximum Gasteiger partial charge on any atom is 0.273 e. The minimum Gasteiger partial charge on any atom is -0.326 e. The van der Waals surface area contributed by atoms with Gasteiger partial charge in [-0.3, -0.25) is 10.1 Å². The maximum atomic E-state index is 12.2. The topological polar surface area (TPSA) is 115 Å². The molecule has 2 rings (SSSR count). The predicted molar refractivity (Wildman–Crippen MR) is 81.0 cm³/mol. The van der Waals surface area contributed by atoms with Crippen LogP contribution in [0, 0.1) is 23.0 Å². The van der Waals surface area contributed by atoms with Crippen LogP contribution in [0.3, 0.4) is 0 Å². The lowest BCUT2D eigenvalue weighted by Gasteiger charge is -2.13. The average molecular weight is 336 g/mol. The standard InChI is InChI=1S/C12H17N3O4S.ClH/c1-8-11(15(16)17)3-2-4-12(8)20(18,19)14-7-10(13)9-5-6-9;/h2-4,9-10,14H,5-7,13H2,1H3;1H. The summed E-state index contributed by atoms with van der Waals surface area (Å²) in [4.78, 5) is 10.2. The number of hydrogen-bond donors (Lipinski definition) is 2. The molecule has 1 fully saturated rings. The van der Waals surface area contributed by atoms with Crippen molar-refractivity contribution in [3.05, 3.63) is 33.9 Å². The highest BCUT2D eigenvalue weighted by Gasteiger charge is 2.30. The van der Waals surface area contributed by atoms with Crippen molar-refractivity contribution in [2.45, 2.75) is 30.7 Å². The molecule has 0 heterocycles. The molecule has 0 spiro atoms. The van der Waals surface area contributed by atoms with Crippen molar-refractivity contribution < 1.29 is 13.3 Å². The van der Waals surface area contributed by atoms with E-state index in [1.54, 1.807) is 0 Å². The van der Waals surface area contributed by atoms with E-state index < -0.39 is 14.9 Å². The molecule has 1 aliphatic rings. The molecule has 118 valence electrons. The molecular formula is C12H18ClN3O4S. The summed E-state index contributed by atoms with van der Waals surface area (Å²) in [5.41, 5.74) is 5.77. The first-order chi connectivity index (χ1) is 9.33. The minimum absolute atomic E-state index is 0. The molecule has 21 heavy (non-hydrogen) atoms. The fourth-order valence-corrected chi connectivity index (χ4v) is 3.40. The van der Waals surface area contributed by atoms with E-state index in [0.717, 1.165) is 12.8 Å². The van der Waals surface area contributed by atoms with Crippen LogP contribution in [0.25, 0.3) is 0 Å². The molecule has 0 aliphatic heterocycles. The van der Waals surface area contributed by atoms with Crippen LogP contribution >= 0.6 is 12.4 Å². The van der Waals surface area contributed by atoms with Crippen LogP contribution in [0.4, 0.5) is 5.69 Å². The average Bonchev–Trinajstić information content (AvgIpc) is 3.20. The van der Waals surface area contributed by atoms with Crippen molar-refractivity contribution in [1.29, 1.82) is 0 Å². The molecule has 1 aliphatic carbocycles. The summed E-state index contributed by atoms with van der Waals surface area (Å²) in [5.74, 6) is 0.379. The van der Waals surface area contributed by atoms with Crippen molar-refractivity contribution in [2.75, 3.05) is 6.54 Å². The van der Waals surface area contributed by atoms with Gasteiger partial charge in [-0.25, -0.2) is 13.1 Å². The number of nitrogens with zero attached hydrogens (tertiary/aromatic N) is 1. The van der Waals surface area contributed by atoms with Gasteiger partial charge in [0.25, 0.3) is 5.69 Å². The minimum atomic E-state index is -3.78. The van der Waals surface area contributed by atoms with Crippen LogP contribution in [0.2, 0.25) is 0 Å². The molecule has 9 heteroatoms. The number of hydrogen-bond acceptors (Lipinski definition) is 5. The van der Waals surface area contributed by atoms with Gasteiger partial charge >= 0.3 is 0 Å². The van der Waals surface area contributed by atoms with Gasteiger partial charge in [0, 0.05) is 24.2 Å². The molecule has 0 radical (unpaired) electrons. The Morgan fingerprint density at radius 3 is 2.62 bits per heavy atom. The van der Waals surface area contributed by atoms with Gasteiger partial charge in [-0.2, -0.15) is 0 Å². The van der Waals surface area contributed by atoms with Crippen LogP contribution in [0.1, 0.15) is 18.4 Å². The molecule has 1 saturated carbocycles. The van der Waals surface area contributed by atoms with E-state index in [4.69, 9.17) is 5.73 Å². The lowest BCUT2D eigenvalue weighted by atomic mass is 10.2. The SMILES string of the molecule is Cc1c([N+](=O)[O-])cccc1S(=O)(=O)NCC(N)C1CC1.Cl. The molecule has 1 aromatic carbocycles. The Balaban J connectivity index is 0.00000220. The Labute approximate surface area is 129 Å². The zero-order valence-corrected chi connectivity index (χ0v) is 13.1. The maximum absolute atomic E-state index is 12.2. The van der Waals surface area contributed by atoms with E-state index in [1.807, 2.05) is 0 Å². The summed E-state index contributed by atoms with van der Waals surface area (Å²) < 4.78 is 26.8. The summed E-state index contributed by atoms with van der Waals surface area (Å²) >= 11 is 0. The summed E-state index contributed by atoms with van der Waals surface area (Å²) in [6, 6.07) is 3.79. The molecule has 7 nitrogen and oxygen atoms in total. The molecule has 0 amide bonds. The van der Waals surface area contributed by atoms with Gasteiger partial charge < -0.3 is 5.73 Å². The third-order valence-electron chi connectivity index (χ3n) is 3.48. The summed E-state index contributed by atoms with van der Waals surface area (Å²) in [7, 11) is -3.78. The third-order valence-corrected chi connectivity index (χ3v) is 5.05. The quantitative estimate of drug-likeness (QED) is 0.601. The van der Waals surface area contributed by atoms with Crippen LogP contribution < -0.4 is 10.5 Å². The highest BCUT2D eigenvalue weighted by atomic mass is 35.5. The Hall–Kier alpha value is -1.22. The lowest BCUT2D eigenvalue weighted by Crippen LogP contribution is -2.38. The van der Waals surface area contributed by atoms with Gasteiger partial charge in [0.15, 0.2) is 0 Å². The first-order valence-electron chi connectivity index (χ1n) is 6.32. The number of halogens is 1. The second-order valence-corrected chi connectivity index (χ2v) is 6.75. The van der Waals surface area contributed by atoms with E-state index in [9.17, 15) is 18.5 Å². The van der Waals surface area contributed by atoms with Gasteiger partial charge in [-0.05, 0) is 31.7 Å². The first-order valence-corrected chi connectivity index (χ1v) is 7.80. The second kappa shape index (κ2) is 6.69. The molecule has 3 N–H and O–H groups in total. The summed E-state index contributed by atoms with van der Waals surface area (Å²) in [5, 5.41) is 10.8. The van der Waals surface area contributed by atoms with Crippen molar-refractivity contribution in [3.8, 4) is 0 Å². The number of rotatable bonds is 6. The zero-order chi connectivity index (χ0) is 14.9. The monoisotopic (exact) mass is 335 g/mol.